The molecule has 29 heavy (non-hydrogen) atoms. The Hall–Kier alpha value is -3.70. The van der Waals surface area contributed by atoms with Gasteiger partial charge in [0.1, 0.15) is 0 Å². The summed E-state index contributed by atoms with van der Waals surface area (Å²) in [5, 5.41) is 10.4. The van der Waals surface area contributed by atoms with Gasteiger partial charge in [-0.2, -0.15) is 0 Å². The Morgan fingerprint density at radius 1 is 0.586 bits per heavy atom. The number of thiophene rings is 1. The molecular formula is C24H17N3OS. The third kappa shape index (κ3) is 3.56. The van der Waals surface area contributed by atoms with Gasteiger partial charge in [0.05, 0.1) is 4.88 Å². The molecule has 2 aromatic heterocycles. The lowest BCUT2D eigenvalue weighted by molar-refractivity contribution is 0.586. The Kier molecular flexibility index (Phi) is 4.64. The van der Waals surface area contributed by atoms with E-state index in [0.29, 0.717) is 11.8 Å². The van der Waals surface area contributed by atoms with E-state index >= 15 is 0 Å². The lowest BCUT2D eigenvalue weighted by Gasteiger charge is -2.25. The normalized spacial score (nSPS) is 10.8. The van der Waals surface area contributed by atoms with Crippen LogP contribution >= 0.6 is 11.3 Å². The Morgan fingerprint density at radius 2 is 1.17 bits per heavy atom. The zero-order valence-corrected chi connectivity index (χ0v) is 16.3. The van der Waals surface area contributed by atoms with E-state index in [-0.39, 0.29) is 0 Å². The van der Waals surface area contributed by atoms with Crippen LogP contribution in [0.4, 0.5) is 17.1 Å². The molecule has 3 aromatic carbocycles. The van der Waals surface area contributed by atoms with E-state index < -0.39 is 0 Å². The molecule has 0 saturated heterocycles. The number of para-hydroxylation sites is 2. The SMILES string of the molecule is c1ccc(N(c2ccccc2)c2ccc(-c3nnc(-c4cccs4)o3)cc2)cc1. The predicted molar refractivity (Wildman–Crippen MR) is 118 cm³/mol. The van der Waals surface area contributed by atoms with Gasteiger partial charge in [-0.1, -0.05) is 42.5 Å². The second kappa shape index (κ2) is 7.73. The molecule has 0 atom stereocenters. The van der Waals surface area contributed by atoms with Crippen LogP contribution in [-0.2, 0) is 0 Å². The van der Waals surface area contributed by atoms with Crippen molar-refractivity contribution >= 4 is 28.4 Å². The summed E-state index contributed by atoms with van der Waals surface area (Å²) in [6.07, 6.45) is 0. The number of anilines is 3. The lowest BCUT2D eigenvalue weighted by Crippen LogP contribution is -2.09. The van der Waals surface area contributed by atoms with Crippen molar-refractivity contribution in [3.63, 3.8) is 0 Å². The van der Waals surface area contributed by atoms with E-state index in [2.05, 4.69) is 51.5 Å². The maximum absolute atomic E-state index is 5.86. The monoisotopic (exact) mass is 395 g/mol. The van der Waals surface area contributed by atoms with E-state index in [4.69, 9.17) is 4.42 Å². The molecule has 0 aliphatic heterocycles. The van der Waals surface area contributed by atoms with E-state index in [0.717, 1.165) is 27.5 Å². The largest absolute Gasteiger partial charge is 0.415 e. The molecule has 0 bridgehead atoms. The van der Waals surface area contributed by atoms with Crippen molar-refractivity contribution in [2.75, 3.05) is 4.90 Å². The third-order valence-corrected chi connectivity index (χ3v) is 5.42. The summed E-state index contributed by atoms with van der Waals surface area (Å²) >= 11 is 1.58. The molecule has 4 nitrogen and oxygen atoms in total. The average Bonchev–Trinajstić information content (AvgIpc) is 3.48. The standard InChI is InChI=1S/C24H17N3OS/c1-3-8-19(9-4-1)27(20-10-5-2-6-11-20)21-15-13-18(14-16-21)23-25-26-24(28-23)22-12-7-17-29-22/h1-17H. The number of nitrogens with zero attached hydrogens (tertiary/aromatic N) is 3. The molecule has 0 radical (unpaired) electrons. The van der Waals surface area contributed by atoms with Gasteiger partial charge in [-0.15, -0.1) is 21.5 Å². The minimum atomic E-state index is 0.519. The van der Waals surface area contributed by atoms with Gasteiger partial charge >= 0.3 is 0 Å². The quantitative estimate of drug-likeness (QED) is 0.323. The average molecular weight is 395 g/mol. The fourth-order valence-corrected chi connectivity index (χ4v) is 3.84. The van der Waals surface area contributed by atoms with Crippen LogP contribution in [0.1, 0.15) is 0 Å². The summed E-state index contributed by atoms with van der Waals surface area (Å²) < 4.78 is 5.86. The highest BCUT2D eigenvalue weighted by atomic mass is 32.1. The molecular weight excluding hydrogens is 378 g/mol. The fourth-order valence-electron chi connectivity index (χ4n) is 3.19. The lowest BCUT2D eigenvalue weighted by atomic mass is 10.1. The van der Waals surface area contributed by atoms with Crippen LogP contribution in [0.3, 0.4) is 0 Å². The van der Waals surface area contributed by atoms with Crippen molar-refractivity contribution in [2.24, 2.45) is 0 Å². The van der Waals surface area contributed by atoms with Gasteiger partial charge in [-0.05, 0) is 60.0 Å². The number of aromatic nitrogens is 2. The summed E-state index contributed by atoms with van der Waals surface area (Å²) in [6, 6.07) is 32.8. The van der Waals surface area contributed by atoms with E-state index in [1.165, 1.54) is 0 Å². The number of rotatable bonds is 5. The molecule has 0 amide bonds. The van der Waals surface area contributed by atoms with E-state index in [9.17, 15) is 0 Å². The second-order valence-corrected chi connectivity index (χ2v) is 7.39. The number of hydrogen-bond acceptors (Lipinski definition) is 5. The molecule has 0 N–H and O–H groups in total. The highest BCUT2D eigenvalue weighted by molar-refractivity contribution is 7.13. The molecule has 5 aromatic rings. The van der Waals surface area contributed by atoms with Crippen LogP contribution in [0.15, 0.2) is 107 Å². The second-order valence-electron chi connectivity index (χ2n) is 6.44. The summed E-state index contributed by atoms with van der Waals surface area (Å²) in [4.78, 5) is 3.19. The first-order valence-electron chi connectivity index (χ1n) is 9.26. The Morgan fingerprint density at radius 3 is 1.76 bits per heavy atom. The topological polar surface area (TPSA) is 42.2 Å². The van der Waals surface area contributed by atoms with Crippen molar-refractivity contribution in [1.82, 2.24) is 10.2 Å². The van der Waals surface area contributed by atoms with Gasteiger partial charge in [0.25, 0.3) is 5.89 Å². The fraction of sp³-hybridized carbons (Fsp3) is 0. The van der Waals surface area contributed by atoms with Crippen molar-refractivity contribution in [2.45, 2.75) is 0 Å². The first-order chi connectivity index (χ1) is 14.4. The van der Waals surface area contributed by atoms with Gasteiger partial charge in [0.2, 0.25) is 5.89 Å². The number of benzene rings is 3. The Bertz CT molecular complexity index is 1140. The molecule has 0 unspecified atom stereocenters. The van der Waals surface area contributed by atoms with E-state index in [1.54, 1.807) is 11.3 Å². The van der Waals surface area contributed by atoms with Crippen molar-refractivity contribution < 1.29 is 4.42 Å². The highest BCUT2D eigenvalue weighted by Crippen LogP contribution is 2.35. The van der Waals surface area contributed by atoms with Crippen LogP contribution in [0.25, 0.3) is 22.2 Å². The molecule has 0 fully saturated rings. The van der Waals surface area contributed by atoms with Gasteiger partial charge in [-0.25, -0.2) is 0 Å². The summed E-state index contributed by atoms with van der Waals surface area (Å²) in [5.74, 6) is 1.07. The van der Waals surface area contributed by atoms with Crippen LogP contribution in [0.2, 0.25) is 0 Å². The summed E-state index contributed by atoms with van der Waals surface area (Å²) in [7, 11) is 0. The molecule has 5 heteroatoms. The van der Waals surface area contributed by atoms with Crippen LogP contribution in [0.5, 0.6) is 0 Å². The van der Waals surface area contributed by atoms with Crippen molar-refractivity contribution in [3.8, 4) is 22.2 Å². The van der Waals surface area contributed by atoms with Crippen LogP contribution in [0, 0.1) is 0 Å². The molecule has 0 saturated carbocycles. The van der Waals surface area contributed by atoms with Crippen LogP contribution in [-0.4, -0.2) is 10.2 Å². The highest BCUT2D eigenvalue weighted by Gasteiger charge is 2.14. The molecule has 2 heterocycles. The first-order valence-corrected chi connectivity index (χ1v) is 10.1. The minimum Gasteiger partial charge on any atom is -0.415 e. The smallest absolute Gasteiger partial charge is 0.258 e. The molecule has 140 valence electrons. The maximum Gasteiger partial charge on any atom is 0.258 e. The predicted octanol–water partition coefficient (Wildman–Crippen LogP) is 6.93. The van der Waals surface area contributed by atoms with Crippen molar-refractivity contribution in [3.05, 3.63) is 102 Å². The molecule has 0 aliphatic carbocycles. The Labute approximate surface area is 172 Å². The summed E-state index contributed by atoms with van der Waals surface area (Å²) in [5.41, 5.74) is 4.16. The zero-order valence-electron chi connectivity index (χ0n) is 15.5. The van der Waals surface area contributed by atoms with E-state index in [1.807, 2.05) is 66.0 Å². The van der Waals surface area contributed by atoms with Crippen LogP contribution < -0.4 is 4.90 Å². The van der Waals surface area contributed by atoms with Gasteiger partial charge in [-0.3, -0.25) is 0 Å². The number of hydrogen-bond donors (Lipinski definition) is 0. The maximum atomic E-state index is 5.86. The van der Waals surface area contributed by atoms with Gasteiger partial charge < -0.3 is 9.32 Å². The van der Waals surface area contributed by atoms with Crippen molar-refractivity contribution in [1.29, 1.82) is 0 Å². The molecule has 0 aliphatic rings. The van der Waals surface area contributed by atoms with Gasteiger partial charge in [0.15, 0.2) is 0 Å². The Balaban J connectivity index is 1.49. The zero-order chi connectivity index (χ0) is 19.5. The first kappa shape index (κ1) is 17.4. The molecule has 0 spiro atoms. The van der Waals surface area contributed by atoms with Gasteiger partial charge in [0, 0.05) is 22.6 Å². The molecule has 5 rings (SSSR count). The minimum absolute atomic E-state index is 0.519. The summed E-state index contributed by atoms with van der Waals surface area (Å²) in [6.45, 7) is 0. The third-order valence-electron chi connectivity index (χ3n) is 4.56.